The Morgan fingerprint density at radius 1 is 1.42 bits per heavy atom. The molecule has 0 aromatic heterocycles. The van der Waals surface area contributed by atoms with E-state index in [0.29, 0.717) is 12.1 Å². The molecule has 3 heteroatoms. The Balaban J connectivity index is 1.62. The molecule has 0 atom stereocenters. The molecule has 2 fully saturated rings. The second-order valence-electron chi connectivity index (χ2n) is 4.39. The van der Waals surface area contributed by atoms with E-state index in [1.54, 1.807) is 0 Å². The van der Waals surface area contributed by atoms with Crippen LogP contribution in [-0.2, 0) is 0 Å². The molecule has 3 nitrogen and oxygen atoms in total. The summed E-state index contributed by atoms with van der Waals surface area (Å²) in [6.45, 7) is 0.768. The molecule has 2 aliphatic rings. The Hall–Kier alpha value is -0.120. The summed E-state index contributed by atoms with van der Waals surface area (Å²) in [6, 6.07) is 0.975. The Morgan fingerprint density at radius 2 is 2.08 bits per heavy atom. The van der Waals surface area contributed by atoms with Crippen LogP contribution in [0.5, 0.6) is 0 Å². The van der Waals surface area contributed by atoms with Crippen LogP contribution >= 0.6 is 0 Å². The lowest BCUT2D eigenvalue weighted by atomic mass is 9.79. The van der Waals surface area contributed by atoms with E-state index in [0.717, 1.165) is 32.2 Å². The molecule has 0 saturated heterocycles. The number of rotatable bonds is 3. The topological polar surface area (TPSA) is 58.3 Å². The Morgan fingerprint density at radius 3 is 2.50 bits per heavy atom. The second-order valence-corrected chi connectivity index (χ2v) is 4.39. The van der Waals surface area contributed by atoms with Gasteiger partial charge < -0.3 is 16.2 Å². The monoisotopic (exact) mass is 170 g/mol. The number of hydrogen-bond acceptors (Lipinski definition) is 3. The molecule has 2 rings (SSSR count). The summed E-state index contributed by atoms with van der Waals surface area (Å²) < 4.78 is 0. The SMILES string of the molecule is NC1CC(NCC2(O)CCC2)C1. The van der Waals surface area contributed by atoms with Crippen LogP contribution in [-0.4, -0.2) is 29.3 Å². The lowest BCUT2D eigenvalue weighted by Crippen LogP contribution is -2.54. The van der Waals surface area contributed by atoms with Gasteiger partial charge in [0.15, 0.2) is 0 Å². The van der Waals surface area contributed by atoms with Gasteiger partial charge >= 0.3 is 0 Å². The fourth-order valence-corrected chi connectivity index (χ4v) is 1.92. The molecular formula is C9H18N2O. The maximum absolute atomic E-state index is 9.75. The van der Waals surface area contributed by atoms with Gasteiger partial charge in [-0.1, -0.05) is 0 Å². The number of nitrogens with one attached hydrogen (secondary N) is 1. The molecule has 0 aliphatic heterocycles. The molecule has 0 aromatic rings. The minimum atomic E-state index is -0.375. The lowest BCUT2D eigenvalue weighted by molar-refractivity contribution is -0.0354. The van der Waals surface area contributed by atoms with E-state index >= 15 is 0 Å². The normalized spacial score (nSPS) is 38.5. The quantitative estimate of drug-likeness (QED) is 0.558. The van der Waals surface area contributed by atoms with Gasteiger partial charge in [-0.2, -0.15) is 0 Å². The van der Waals surface area contributed by atoms with Crippen LogP contribution in [0.2, 0.25) is 0 Å². The lowest BCUT2D eigenvalue weighted by Gasteiger charge is -2.41. The maximum Gasteiger partial charge on any atom is 0.0771 e. The second kappa shape index (κ2) is 2.98. The number of hydrogen-bond donors (Lipinski definition) is 3. The summed E-state index contributed by atoms with van der Waals surface area (Å²) >= 11 is 0. The van der Waals surface area contributed by atoms with Crippen molar-refractivity contribution in [3.8, 4) is 0 Å². The van der Waals surface area contributed by atoms with Crippen molar-refractivity contribution in [2.45, 2.75) is 49.8 Å². The van der Waals surface area contributed by atoms with E-state index in [4.69, 9.17) is 5.73 Å². The average Bonchev–Trinajstić information content (AvgIpc) is 1.92. The van der Waals surface area contributed by atoms with Gasteiger partial charge in [0.05, 0.1) is 5.60 Å². The van der Waals surface area contributed by atoms with Crippen molar-refractivity contribution in [3.05, 3.63) is 0 Å². The van der Waals surface area contributed by atoms with Crippen LogP contribution in [0.25, 0.3) is 0 Å². The number of nitrogens with two attached hydrogens (primary N) is 1. The molecule has 2 aliphatic carbocycles. The van der Waals surface area contributed by atoms with Crippen molar-refractivity contribution >= 4 is 0 Å². The fraction of sp³-hybridized carbons (Fsp3) is 1.00. The molecular weight excluding hydrogens is 152 g/mol. The van der Waals surface area contributed by atoms with Crippen molar-refractivity contribution in [2.75, 3.05) is 6.54 Å². The summed E-state index contributed by atoms with van der Waals surface area (Å²) in [5.41, 5.74) is 5.28. The maximum atomic E-state index is 9.75. The summed E-state index contributed by atoms with van der Waals surface area (Å²) in [5, 5.41) is 13.1. The van der Waals surface area contributed by atoms with Crippen LogP contribution in [0.4, 0.5) is 0 Å². The predicted octanol–water partition coefficient (Wildman–Crippen LogP) is -0.0193. The first kappa shape index (κ1) is 8.48. The van der Waals surface area contributed by atoms with E-state index in [9.17, 15) is 5.11 Å². The zero-order valence-corrected chi connectivity index (χ0v) is 7.42. The number of aliphatic hydroxyl groups is 1. The van der Waals surface area contributed by atoms with Crippen LogP contribution < -0.4 is 11.1 Å². The van der Waals surface area contributed by atoms with Gasteiger partial charge in [0, 0.05) is 18.6 Å². The van der Waals surface area contributed by atoms with E-state index < -0.39 is 0 Å². The smallest absolute Gasteiger partial charge is 0.0771 e. The molecule has 0 unspecified atom stereocenters. The fourth-order valence-electron chi connectivity index (χ4n) is 1.92. The third kappa shape index (κ3) is 1.63. The third-order valence-corrected chi connectivity index (χ3v) is 3.18. The van der Waals surface area contributed by atoms with Gasteiger partial charge in [0.25, 0.3) is 0 Å². The zero-order valence-electron chi connectivity index (χ0n) is 7.42. The standard InChI is InChI=1S/C9H18N2O/c10-7-4-8(5-7)11-6-9(12)2-1-3-9/h7-8,11-12H,1-6,10H2. The van der Waals surface area contributed by atoms with Gasteiger partial charge in [0.2, 0.25) is 0 Å². The highest BCUT2D eigenvalue weighted by atomic mass is 16.3. The third-order valence-electron chi connectivity index (χ3n) is 3.18. The molecule has 0 aromatic carbocycles. The Bertz CT molecular complexity index is 162. The summed E-state index contributed by atoms with van der Waals surface area (Å²) in [5.74, 6) is 0. The van der Waals surface area contributed by atoms with Gasteiger partial charge in [-0.15, -0.1) is 0 Å². The summed E-state index contributed by atoms with van der Waals surface area (Å²) in [6.07, 6.45) is 5.28. The van der Waals surface area contributed by atoms with Crippen molar-refractivity contribution in [1.29, 1.82) is 0 Å². The van der Waals surface area contributed by atoms with Crippen molar-refractivity contribution in [2.24, 2.45) is 5.73 Å². The van der Waals surface area contributed by atoms with Gasteiger partial charge in [-0.05, 0) is 32.1 Å². The van der Waals surface area contributed by atoms with Crippen molar-refractivity contribution in [3.63, 3.8) is 0 Å². The molecule has 2 saturated carbocycles. The highest BCUT2D eigenvalue weighted by Gasteiger charge is 2.35. The van der Waals surface area contributed by atoms with Crippen LogP contribution in [0.1, 0.15) is 32.1 Å². The highest BCUT2D eigenvalue weighted by Crippen LogP contribution is 2.31. The van der Waals surface area contributed by atoms with Crippen LogP contribution in [0.3, 0.4) is 0 Å². The van der Waals surface area contributed by atoms with Crippen molar-refractivity contribution < 1.29 is 5.11 Å². The molecule has 0 bridgehead atoms. The van der Waals surface area contributed by atoms with E-state index in [1.165, 1.54) is 6.42 Å². The molecule has 4 N–H and O–H groups in total. The molecule has 0 amide bonds. The first-order valence-electron chi connectivity index (χ1n) is 4.89. The average molecular weight is 170 g/mol. The summed E-state index contributed by atoms with van der Waals surface area (Å²) in [4.78, 5) is 0. The molecule has 0 radical (unpaired) electrons. The first-order valence-corrected chi connectivity index (χ1v) is 4.89. The predicted molar refractivity (Wildman–Crippen MR) is 47.8 cm³/mol. The van der Waals surface area contributed by atoms with Gasteiger partial charge in [-0.3, -0.25) is 0 Å². The summed E-state index contributed by atoms with van der Waals surface area (Å²) in [7, 11) is 0. The van der Waals surface area contributed by atoms with E-state index in [2.05, 4.69) is 5.32 Å². The van der Waals surface area contributed by atoms with Crippen molar-refractivity contribution in [1.82, 2.24) is 5.32 Å². The highest BCUT2D eigenvalue weighted by molar-refractivity contribution is 4.94. The Labute approximate surface area is 73.3 Å². The largest absolute Gasteiger partial charge is 0.389 e. The van der Waals surface area contributed by atoms with E-state index in [-0.39, 0.29) is 5.60 Å². The first-order chi connectivity index (χ1) is 5.68. The minimum absolute atomic E-state index is 0.375. The molecule has 70 valence electrons. The van der Waals surface area contributed by atoms with Crippen LogP contribution in [0, 0.1) is 0 Å². The molecule has 12 heavy (non-hydrogen) atoms. The van der Waals surface area contributed by atoms with Crippen LogP contribution in [0.15, 0.2) is 0 Å². The Kier molecular flexibility index (Phi) is 2.10. The molecule has 0 spiro atoms. The zero-order chi connectivity index (χ0) is 8.60. The minimum Gasteiger partial charge on any atom is -0.389 e. The van der Waals surface area contributed by atoms with Gasteiger partial charge in [-0.25, -0.2) is 0 Å². The molecule has 0 heterocycles. The van der Waals surface area contributed by atoms with Gasteiger partial charge in [0.1, 0.15) is 0 Å². The van der Waals surface area contributed by atoms with E-state index in [1.807, 2.05) is 0 Å².